The Hall–Kier alpha value is -4.00. The van der Waals surface area contributed by atoms with Gasteiger partial charge < -0.3 is 24.4 Å². The van der Waals surface area contributed by atoms with Crippen molar-refractivity contribution in [2.75, 3.05) is 32.2 Å². The van der Waals surface area contributed by atoms with E-state index in [-0.39, 0.29) is 18.4 Å². The lowest BCUT2D eigenvalue weighted by Gasteiger charge is -2.34. The van der Waals surface area contributed by atoms with Gasteiger partial charge in [-0.05, 0) is 36.2 Å². The molecule has 33 heavy (non-hydrogen) atoms. The molecule has 4 rings (SSSR count). The first-order chi connectivity index (χ1) is 16.1. The minimum atomic E-state index is -0.847. The zero-order chi connectivity index (χ0) is 23.2. The van der Waals surface area contributed by atoms with Crippen molar-refractivity contribution in [2.45, 2.75) is 12.5 Å². The predicted molar refractivity (Wildman–Crippen MR) is 125 cm³/mol. The predicted octanol–water partition coefficient (Wildman–Crippen LogP) is 3.47. The Morgan fingerprint density at radius 2 is 1.61 bits per heavy atom. The number of anilines is 1. The minimum absolute atomic E-state index is 0.0637. The molecule has 1 heterocycles. The summed E-state index contributed by atoms with van der Waals surface area (Å²) in [5.41, 5.74) is 2.01. The van der Waals surface area contributed by atoms with Gasteiger partial charge in [0.05, 0.1) is 26.5 Å². The summed E-state index contributed by atoms with van der Waals surface area (Å²) >= 11 is 0. The number of nitrogens with one attached hydrogen (secondary N) is 1. The first kappa shape index (κ1) is 22.2. The third kappa shape index (κ3) is 4.77. The Balaban J connectivity index is 1.56. The molecule has 0 saturated heterocycles. The SMILES string of the molecule is COc1cccc(OC)c1C(=O)N1C[C@H](C(=O)NCCc2ccccc2)Oc2ccccc21. The third-order valence-corrected chi connectivity index (χ3v) is 5.51. The van der Waals surface area contributed by atoms with Crippen LogP contribution >= 0.6 is 0 Å². The number of nitrogens with zero attached hydrogens (tertiary/aromatic N) is 1. The highest BCUT2D eigenvalue weighted by Crippen LogP contribution is 2.37. The minimum Gasteiger partial charge on any atom is -0.496 e. The summed E-state index contributed by atoms with van der Waals surface area (Å²) in [7, 11) is 3.00. The number of hydrogen-bond donors (Lipinski definition) is 1. The number of fused-ring (bicyclic) bond motifs is 1. The summed E-state index contributed by atoms with van der Waals surface area (Å²) < 4.78 is 16.8. The van der Waals surface area contributed by atoms with E-state index in [0.29, 0.717) is 41.5 Å². The van der Waals surface area contributed by atoms with Gasteiger partial charge in [-0.25, -0.2) is 0 Å². The molecule has 3 aromatic rings. The van der Waals surface area contributed by atoms with Crippen molar-refractivity contribution in [2.24, 2.45) is 0 Å². The van der Waals surface area contributed by atoms with Crippen LogP contribution in [0.2, 0.25) is 0 Å². The number of hydrogen-bond acceptors (Lipinski definition) is 5. The van der Waals surface area contributed by atoms with Gasteiger partial charge in [0.25, 0.3) is 11.8 Å². The third-order valence-electron chi connectivity index (χ3n) is 5.51. The van der Waals surface area contributed by atoms with Crippen LogP contribution in [0.5, 0.6) is 17.2 Å². The van der Waals surface area contributed by atoms with Crippen LogP contribution in [0.15, 0.2) is 72.8 Å². The number of carbonyl (C=O) groups is 2. The van der Waals surface area contributed by atoms with E-state index in [2.05, 4.69) is 5.32 Å². The van der Waals surface area contributed by atoms with E-state index in [1.54, 1.807) is 41.3 Å². The molecule has 0 aromatic heterocycles. The van der Waals surface area contributed by atoms with Crippen molar-refractivity contribution in [3.8, 4) is 17.2 Å². The summed E-state index contributed by atoms with van der Waals surface area (Å²) in [6.45, 7) is 0.535. The van der Waals surface area contributed by atoms with Crippen LogP contribution in [0.1, 0.15) is 15.9 Å². The molecule has 1 aliphatic rings. The number of methoxy groups -OCH3 is 2. The second-order valence-electron chi connectivity index (χ2n) is 7.55. The fourth-order valence-corrected chi connectivity index (χ4v) is 3.85. The maximum atomic E-state index is 13.7. The molecule has 0 spiro atoms. The summed E-state index contributed by atoms with van der Waals surface area (Å²) in [4.78, 5) is 28.1. The van der Waals surface area contributed by atoms with Crippen LogP contribution in [0.3, 0.4) is 0 Å². The molecule has 7 nitrogen and oxygen atoms in total. The molecule has 0 unspecified atom stereocenters. The van der Waals surface area contributed by atoms with Gasteiger partial charge in [-0.1, -0.05) is 48.5 Å². The average Bonchev–Trinajstić information content (AvgIpc) is 2.87. The fourth-order valence-electron chi connectivity index (χ4n) is 3.85. The zero-order valence-corrected chi connectivity index (χ0v) is 18.6. The molecular formula is C26H26N2O5. The Kier molecular flexibility index (Phi) is 6.78. The summed E-state index contributed by atoms with van der Waals surface area (Å²) in [5, 5.41) is 2.92. The summed E-state index contributed by atoms with van der Waals surface area (Å²) in [6, 6.07) is 22.2. The quantitative estimate of drug-likeness (QED) is 0.601. The molecule has 0 saturated carbocycles. The maximum Gasteiger partial charge on any atom is 0.266 e. The topological polar surface area (TPSA) is 77.1 Å². The van der Waals surface area contributed by atoms with E-state index in [4.69, 9.17) is 14.2 Å². The van der Waals surface area contributed by atoms with Crippen LogP contribution in [-0.4, -0.2) is 45.2 Å². The molecule has 0 aliphatic carbocycles. The molecule has 0 radical (unpaired) electrons. The van der Waals surface area contributed by atoms with E-state index in [0.717, 1.165) is 5.56 Å². The number of ether oxygens (including phenoxy) is 3. The van der Waals surface area contributed by atoms with Crippen molar-refractivity contribution in [1.82, 2.24) is 5.32 Å². The zero-order valence-electron chi connectivity index (χ0n) is 18.6. The van der Waals surface area contributed by atoms with Crippen molar-refractivity contribution < 1.29 is 23.8 Å². The van der Waals surface area contributed by atoms with E-state index in [1.165, 1.54) is 14.2 Å². The molecular weight excluding hydrogens is 420 g/mol. The standard InChI is InChI=1S/C26H26N2O5/c1-31-21-13-8-14-22(32-2)24(21)26(30)28-17-23(33-20-12-7-6-11-19(20)28)25(29)27-16-15-18-9-4-3-5-10-18/h3-14,23H,15-17H2,1-2H3,(H,27,29)/t23-/m1/s1. The molecule has 1 aliphatic heterocycles. The molecule has 7 heteroatoms. The van der Waals surface area contributed by atoms with Gasteiger partial charge in [0.1, 0.15) is 22.8 Å². The van der Waals surface area contributed by atoms with Crippen LogP contribution in [-0.2, 0) is 11.2 Å². The van der Waals surface area contributed by atoms with Crippen molar-refractivity contribution in [1.29, 1.82) is 0 Å². The smallest absolute Gasteiger partial charge is 0.266 e. The molecule has 0 fully saturated rings. The van der Waals surface area contributed by atoms with E-state index < -0.39 is 6.10 Å². The van der Waals surface area contributed by atoms with Gasteiger partial charge in [-0.2, -0.15) is 0 Å². The Labute approximate surface area is 192 Å². The summed E-state index contributed by atoms with van der Waals surface area (Å²) in [5.74, 6) is 0.654. The van der Waals surface area contributed by atoms with Crippen molar-refractivity contribution in [3.63, 3.8) is 0 Å². The van der Waals surface area contributed by atoms with Gasteiger partial charge >= 0.3 is 0 Å². The van der Waals surface area contributed by atoms with E-state index >= 15 is 0 Å². The van der Waals surface area contributed by atoms with Gasteiger partial charge in [0.2, 0.25) is 0 Å². The highest BCUT2D eigenvalue weighted by atomic mass is 16.5. The maximum absolute atomic E-state index is 13.7. The molecule has 170 valence electrons. The first-order valence-corrected chi connectivity index (χ1v) is 10.7. The Bertz CT molecular complexity index is 1110. The van der Waals surface area contributed by atoms with Crippen molar-refractivity contribution in [3.05, 3.63) is 83.9 Å². The normalized spacial score (nSPS) is 14.6. The fraction of sp³-hybridized carbons (Fsp3) is 0.231. The first-order valence-electron chi connectivity index (χ1n) is 10.7. The monoisotopic (exact) mass is 446 g/mol. The molecule has 1 atom stereocenters. The van der Waals surface area contributed by atoms with Crippen LogP contribution < -0.4 is 24.4 Å². The van der Waals surface area contributed by atoms with Crippen LogP contribution in [0.25, 0.3) is 0 Å². The highest BCUT2D eigenvalue weighted by Gasteiger charge is 2.36. The lowest BCUT2D eigenvalue weighted by molar-refractivity contribution is -0.127. The van der Waals surface area contributed by atoms with Crippen LogP contribution in [0, 0.1) is 0 Å². The summed E-state index contributed by atoms with van der Waals surface area (Å²) in [6.07, 6.45) is -0.142. The van der Waals surface area contributed by atoms with Gasteiger partial charge in [0.15, 0.2) is 6.10 Å². The molecule has 3 aromatic carbocycles. The Morgan fingerprint density at radius 3 is 2.30 bits per heavy atom. The second-order valence-corrected chi connectivity index (χ2v) is 7.55. The lowest BCUT2D eigenvalue weighted by Crippen LogP contribution is -2.51. The number of rotatable bonds is 7. The van der Waals surface area contributed by atoms with Gasteiger partial charge in [-0.3, -0.25) is 9.59 Å². The Morgan fingerprint density at radius 1 is 0.939 bits per heavy atom. The van der Waals surface area contributed by atoms with Crippen molar-refractivity contribution >= 4 is 17.5 Å². The number of para-hydroxylation sites is 2. The van der Waals surface area contributed by atoms with E-state index in [9.17, 15) is 9.59 Å². The number of carbonyl (C=O) groups excluding carboxylic acids is 2. The largest absolute Gasteiger partial charge is 0.496 e. The lowest BCUT2D eigenvalue weighted by atomic mass is 10.1. The molecule has 0 bridgehead atoms. The van der Waals surface area contributed by atoms with Gasteiger partial charge in [-0.15, -0.1) is 0 Å². The van der Waals surface area contributed by atoms with Crippen LogP contribution in [0.4, 0.5) is 5.69 Å². The number of amides is 2. The van der Waals surface area contributed by atoms with E-state index in [1.807, 2.05) is 36.4 Å². The second kappa shape index (κ2) is 10.1. The van der Waals surface area contributed by atoms with Gasteiger partial charge in [0, 0.05) is 6.54 Å². The molecule has 2 amide bonds. The highest BCUT2D eigenvalue weighted by molar-refractivity contribution is 6.11. The number of benzene rings is 3. The molecule has 1 N–H and O–H groups in total. The average molecular weight is 447 g/mol.